The van der Waals surface area contributed by atoms with Gasteiger partial charge in [0.25, 0.3) is 0 Å². The quantitative estimate of drug-likeness (QED) is 0.354. The van der Waals surface area contributed by atoms with Crippen LogP contribution in [0.1, 0.15) is 5.56 Å². The van der Waals surface area contributed by atoms with Gasteiger partial charge >= 0.3 is 0 Å². The van der Waals surface area contributed by atoms with Gasteiger partial charge in [0.05, 0.1) is 12.2 Å². The molecular formula is C19H16N6O2S. The minimum Gasteiger partial charge on any atom is -0.338 e. The summed E-state index contributed by atoms with van der Waals surface area (Å²) >= 11 is 1.14. The molecule has 0 aliphatic carbocycles. The highest BCUT2D eigenvalue weighted by atomic mass is 32.2. The Balaban J connectivity index is 1.30. The third-order valence-electron chi connectivity index (χ3n) is 3.98. The number of aromatic nitrogens is 4. The third-order valence-corrected chi connectivity index (χ3v) is 4.82. The molecule has 28 heavy (non-hydrogen) atoms. The molecule has 0 aliphatic rings. The first-order valence-corrected chi connectivity index (χ1v) is 9.53. The molecule has 0 spiro atoms. The zero-order chi connectivity index (χ0) is 19.3. The van der Waals surface area contributed by atoms with Crippen molar-refractivity contribution in [1.29, 1.82) is 0 Å². The van der Waals surface area contributed by atoms with Crippen LogP contribution in [0.5, 0.6) is 0 Å². The van der Waals surface area contributed by atoms with Gasteiger partial charge in [0.1, 0.15) is 5.52 Å². The molecule has 0 unspecified atom stereocenters. The van der Waals surface area contributed by atoms with Crippen molar-refractivity contribution in [2.24, 2.45) is 0 Å². The van der Waals surface area contributed by atoms with Crippen molar-refractivity contribution in [2.45, 2.75) is 11.6 Å². The Bertz CT molecular complexity index is 1150. The summed E-state index contributed by atoms with van der Waals surface area (Å²) in [7, 11) is 0. The highest BCUT2D eigenvalue weighted by Gasteiger charge is 2.11. The fraction of sp³-hybridized carbons (Fsp3) is 0.105. The van der Waals surface area contributed by atoms with Gasteiger partial charge in [-0.3, -0.25) is 20.4 Å². The van der Waals surface area contributed by atoms with E-state index in [0.29, 0.717) is 16.3 Å². The van der Waals surface area contributed by atoms with Crippen molar-refractivity contribution in [3.8, 4) is 0 Å². The number of aromatic amines is 1. The van der Waals surface area contributed by atoms with Crippen molar-refractivity contribution in [3.05, 3.63) is 60.2 Å². The molecule has 0 saturated heterocycles. The first kappa shape index (κ1) is 17.9. The van der Waals surface area contributed by atoms with Crippen LogP contribution in [-0.4, -0.2) is 37.7 Å². The van der Waals surface area contributed by atoms with Gasteiger partial charge in [-0.05, 0) is 11.6 Å². The highest BCUT2D eigenvalue weighted by Crippen LogP contribution is 2.23. The van der Waals surface area contributed by atoms with E-state index in [2.05, 4.69) is 31.0 Å². The third kappa shape index (κ3) is 4.09. The number of carbonyl (C=O) groups excluding carboxylic acids is 2. The number of thioether (sulfide) groups is 1. The first-order valence-electron chi connectivity index (χ1n) is 8.54. The first-order chi connectivity index (χ1) is 13.7. The lowest BCUT2D eigenvalue weighted by atomic mass is 10.1. The Labute approximate surface area is 164 Å². The van der Waals surface area contributed by atoms with Crippen molar-refractivity contribution in [1.82, 2.24) is 31.0 Å². The number of hydrogen-bond acceptors (Lipinski definition) is 6. The molecule has 4 rings (SSSR count). The lowest BCUT2D eigenvalue weighted by Gasteiger charge is -2.07. The summed E-state index contributed by atoms with van der Waals surface area (Å²) in [5, 5.41) is 9.60. The van der Waals surface area contributed by atoms with Gasteiger partial charge in [-0.2, -0.15) is 0 Å². The molecule has 2 aromatic carbocycles. The zero-order valence-electron chi connectivity index (χ0n) is 14.7. The number of para-hydroxylation sites is 1. The molecule has 2 amide bonds. The van der Waals surface area contributed by atoms with E-state index in [1.165, 1.54) is 0 Å². The second kappa shape index (κ2) is 8.05. The number of benzene rings is 2. The second-order valence-electron chi connectivity index (χ2n) is 6.01. The molecule has 0 fully saturated rings. The summed E-state index contributed by atoms with van der Waals surface area (Å²) in [4.78, 5) is 31.4. The molecule has 2 aromatic heterocycles. The second-order valence-corrected chi connectivity index (χ2v) is 6.95. The number of carbonyl (C=O) groups is 2. The predicted octanol–water partition coefficient (Wildman–Crippen LogP) is 1.99. The summed E-state index contributed by atoms with van der Waals surface area (Å²) in [6.07, 6.45) is 0.193. The largest absolute Gasteiger partial charge is 0.338 e. The number of hydrogen-bond donors (Lipinski definition) is 3. The van der Waals surface area contributed by atoms with Gasteiger partial charge in [-0.15, -0.1) is 10.2 Å². The van der Waals surface area contributed by atoms with Gasteiger partial charge in [-0.25, -0.2) is 4.98 Å². The zero-order valence-corrected chi connectivity index (χ0v) is 15.5. The summed E-state index contributed by atoms with van der Waals surface area (Å²) in [6, 6.07) is 17.0. The standard InChI is InChI=1S/C19H16N6O2S/c26-15(10-12-6-2-1-3-7-12)22-23-16(27)11-28-19-21-18-17(24-25-19)13-8-4-5-9-14(13)20-18/h1-9H,10-11H2,(H,22,26)(H,23,27)(H,20,21,25). The molecule has 2 heterocycles. The fourth-order valence-electron chi connectivity index (χ4n) is 2.70. The van der Waals surface area contributed by atoms with E-state index in [9.17, 15) is 9.59 Å². The van der Waals surface area contributed by atoms with E-state index >= 15 is 0 Å². The maximum atomic E-state index is 11.9. The van der Waals surface area contributed by atoms with Gasteiger partial charge in [0.2, 0.25) is 17.0 Å². The maximum absolute atomic E-state index is 11.9. The number of nitrogens with one attached hydrogen (secondary N) is 3. The molecule has 0 aliphatic heterocycles. The number of nitrogens with zero attached hydrogens (tertiary/aromatic N) is 3. The normalized spacial score (nSPS) is 10.9. The number of hydrazine groups is 1. The van der Waals surface area contributed by atoms with Crippen molar-refractivity contribution < 1.29 is 9.59 Å². The van der Waals surface area contributed by atoms with Crippen LogP contribution in [0.4, 0.5) is 0 Å². The molecular weight excluding hydrogens is 376 g/mol. The number of rotatable bonds is 5. The van der Waals surface area contributed by atoms with Crippen LogP contribution in [0.15, 0.2) is 59.8 Å². The van der Waals surface area contributed by atoms with Crippen LogP contribution in [0.3, 0.4) is 0 Å². The Morgan fingerprint density at radius 2 is 1.68 bits per heavy atom. The van der Waals surface area contributed by atoms with Gasteiger partial charge in [0.15, 0.2) is 5.65 Å². The molecule has 0 saturated carbocycles. The highest BCUT2D eigenvalue weighted by molar-refractivity contribution is 7.99. The minimum absolute atomic E-state index is 0.0546. The Morgan fingerprint density at radius 3 is 2.54 bits per heavy atom. The van der Waals surface area contributed by atoms with Crippen LogP contribution in [0.25, 0.3) is 22.1 Å². The van der Waals surface area contributed by atoms with E-state index in [-0.39, 0.29) is 24.0 Å². The summed E-state index contributed by atoms with van der Waals surface area (Å²) < 4.78 is 0. The van der Waals surface area contributed by atoms with Crippen LogP contribution < -0.4 is 10.9 Å². The van der Waals surface area contributed by atoms with Crippen LogP contribution in [-0.2, 0) is 16.0 Å². The van der Waals surface area contributed by atoms with E-state index in [4.69, 9.17) is 0 Å². The average molecular weight is 392 g/mol. The van der Waals surface area contributed by atoms with Crippen LogP contribution in [0.2, 0.25) is 0 Å². The van der Waals surface area contributed by atoms with Crippen molar-refractivity contribution >= 4 is 45.6 Å². The van der Waals surface area contributed by atoms with Crippen LogP contribution in [0, 0.1) is 0 Å². The number of amides is 2. The lowest BCUT2D eigenvalue weighted by Crippen LogP contribution is -2.43. The predicted molar refractivity (Wildman–Crippen MR) is 106 cm³/mol. The SMILES string of the molecule is O=C(CSc1nnc2c(n1)[nH]c1ccccc12)NNC(=O)Cc1ccccc1. The topological polar surface area (TPSA) is 113 Å². The smallest absolute Gasteiger partial charge is 0.248 e. The van der Waals surface area contributed by atoms with Gasteiger partial charge < -0.3 is 4.98 Å². The molecule has 8 nitrogen and oxygen atoms in total. The van der Waals surface area contributed by atoms with E-state index in [1.807, 2.05) is 54.6 Å². The minimum atomic E-state index is -0.355. The monoisotopic (exact) mass is 392 g/mol. The van der Waals surface area contributed by atoms with Crippen molar-refractivity contribution in [3.63, 3.8) is 0 Å². The van der Waals surface area contributed by atoms with E-state index in [0.717, 1.165) is 28.2 Å². The number of fused-ring (bicyclic) bond motifs is 3. The summed E-state index contributed by atoms with van der Waals surface area (Å²) in [5.41, 5.74) is 7.90. The summed E-state index contributed by atoms with van der Waals surface area (Å²) in [6.45, 7) is 0. The summed E-state index contributed by atoms with van der Waals surface area (Å²) in [5.74, 6) is -0.590. The van der Waals surface area contributed by atoms with E-state index < -0.39 is 0 Å². The van der Waals surface area contributed by atoms with Gasteiger partial charge in [0, 0.05) is 10.9 Å². The molecule has 0 atom stereocenters. The lowest BCUT2D eigenvalue weighted by molar-refractivity contribution is -0.127. The number of H-pyrrole nitrogens is 1. The molecule has 3 N–H and O–H groups in total. The Hall–Kier alpha value is -3.46. The Kier molecular flexibility index (Phi) is 5.16. The molecule has 0 bridgehead atoms. The van der Waals surface area contributed by atoms with Crippen molar-refractivity contribution in [2.75, 3.05) is 5.75 Å². The fourth-order valence-corrected chi connectivity index (χ4v) is 3.28. The molecule has 140 valence electrons. The molecule has 4 aromatic rings. The van der Waals surface area contributed by atoms with Gasteiger partial charge in [-0.1, -0.05) is 60.3 Å². The maximum Gasteiger partial charge on any atom is 0.248 e. The van der Waals surface area contributed by atoms with Crippen LogP contribution >= 0.6 is 11.8 Å². The molecule has 9 heteroatoms. The Morgan fingerprint density at radius 1 is 0.929 bits per heavy atom. The average Bonchev–Trinajstić information content (AvgIpc) is 3.09. The molecule has 0 radical (unpaired) electrons. The van der Waals surface area contributed by atoms with E-state index in [1.54, 1.807) is 0 Å².